The fraction of sp³-hybridized carbons (Fsp3) is 0.167. The summed E-state index contributed by atoms with van der Waals surface area (Å²) in [7, 11) is 0. The molecule has 0 aliphatic heterocycles. The number of hydrogen-bond donors (Lipinski definition) is 2. The summed E-state index contributed by atoms with van der Waals surface area (Å²) in [5.74, 6) is -0.810. The van der Waals surface area contributed by atoms with Crippen LogP contribution in [0.4, 0.5) is 5.00 Å². The molecule has 2 aromatic heterocycles. The van der Waals surface area contributed by atoms with E-state index in [1.165, 1.54) is 17.5 Å². The highest BCUT2D eigenvalue weighted by atomic mass is 32.1. The molecule has 0 atom stereocenters. The van der Waals surface area contributed by atoms with Gasteiger partial charge in [-0.1, -0.05) is 18.2 Å². The molecule has 126 valence electrons. The lowest BCUT2D eigenvalue weighted by Crippen LogP contribution is -2.19. The summed E-state index contributed by atoms with van der Waals surface area (Å²) in [6.07, 6.45) is 5.89. The third kappa shape index (κ3) is 2.72. The number of carbonyl (C=O) groups excluding carboxylic acids is 2. The van der Waals surface area contributed by atoms with E-state index < -0.39 is 5.91 Å². The maximum atomic E-state index is 12.8. The van der Waals surface area contributed by atoms with Gasteiger partial charge in [0.05, 0.1) is 18.1 Å². The highest BCUT2D eigenvalue weighted by molar-refractivity contribution is 7.17. The molecule has 0 saturated heterocycles. The van der Waals surface area contributed by atoms with E-state index in [0.717, 1.165) is 35.4 Å². The molecular formula is C18H16N4O2S. The van der Waals surface area contributed by atoms with Gasteiger partial charge in [-0.25, -0.2) is 4.98 Å². The Labute approximate surface area is 148 Å². The Balaban J connectivity index is 1.67. The molecule has 2 heterocycles. The molecule has 3 aromatic rings. The van der Waals surface area contributed by atoms with Crippen LogP contribution in [0.15, 0.2) is 42.9 Å². The number of thiophene rings is 1. The number of nitrogens with zero attached hydrogens (tertiary/aromatic N) is 2. The van der Waals surface area contributed by atoms with Crippen LogP contribution in [0.25, 0.3) is 5.69 Å². The van der Waals surface area contributed by atoms with Gasteiger partial charge < -0.3 is 11.1 Å². The Hall–Kier alpha value is -2.93. The van der Waals surface area contributed by atoms with E-state index in [-0.39, 0.29) is 5.91 Å². The third-order valence-electron chi connectivity index (χ3n) is 4.30. The number of imidazole rings is 1. The second-order valence-electron chi connectivity index (χ2n) is 5.86. The van der Waals surface area contributed by atoms with E-state index in [1.807, 2.05) is 30.3 Å². The molecule has 6 nitrogen and oxygen atoms in total. The number of hydrogen-bond acceptors (Lipinski definition) is 4. The van der Waals surface area contributed by atoms with E-state index >= 15 is 0 Å². The summed E-state index contributed by atoms with van der Waals surface area (Å²) in [4.78, 5) is 29.8. The highest BCUT2D eigenvalue weighted by Crippen LogP contribution is 2.39. The van der Waals surface area contributed by atoms with Gasteiger partial charge in [0, 0.05) is 10.6 Å². The lowest BCUT2D eigenvalue weighted by Gasteiger charge is -2.09. The molecule has 0 saturated carbocycles. The Bertz CT molecular complexity index is 959. The lowest BCUT2D eigenvalue weighted by molar-refractivity contribution is 0.100. The van der Waals surface area contributed by atoms with Crippen molar-refractivity contribution < 1.29 is 9.59 Å². The standard InChI is InChI=1S/C18H16N4O2S/c19-16(23)15-12-7-4-8-14(12)25-18(15)21-17(24)13-9-20-10-22(13)11-5-2-1-3-6-11/h1-3,5-6,9-10H,4,7-8H2,(H2,19,23)(H,21,24). The quantitative estimate of drug-likeness (QED) is 0.756. The van der Waals surface area contributed by atoms with Crippen LogP contribution in [0.2, 0.25) is 0 Å². The van der Waals surface area contributed by atoms with Crippen LogP contribution < -0.4 is 11.1 Å². The predicted molar refractivity (Wildman–Crippen MR) is 96.4 cm³/mol. The fourth-order valence-electron chi connectivity index (χ4n) is 3.18. The van der Waals surface area contributed by atoms with Gasteiger partial charge in [-0.05, 0) is 37.0 Å². The minimum Gasteiger partial charge on any atom is -0.365 e. The molecule has 25 heavy (non-hydrogen) atoms. The van der Waals surface area contributed by atoms with Crippen molar-refractivity contribution in [1.29, 1.82) is 0 Å². The van der Waals surface area contributed by atoms with Crippen molar-refractivity contribution >= 4 is 28.2 Å². The summed E-state index contributed by atoms with van der Waals surface area (Å²) in [5.41, 5.74) is 8.23. The molecule has 0 fully saturated rings. The first-order valence-corrected chi connectivity index (χ1v) is 8.80. The number of rotatable bonds is 4. The number of nitrogens with two attached hydrogens (primary N) is 1. The van der Waals surface area contributed by atoms with Gasteiger partial charge >= 0.3 is 0 Å². The predicted octanol–water partition coefficient (Wildman–Crippen LogP) is 2.77. The van der Waals surface area contributed by atoms with Crippen molar-refractivity contribution in [3.8, 4) is 5.69 Å². The molecule has 0 spiro atoms. The van der Waals surface area contributed by atoms with Crippen molar-refractivity contribution in [2.45, 2.75) is 19.3 Å². The Morgan fingerprint density at radius 3 is 2.76 bits per heavy atom. The normalized spacial score (nSPS) is 12.8. The molecule has 1 aliphatic carbocycles. The zero-order valence-corrected chi connectivity index (χ0v) is 14.2. The fourth-order valence-corrected chi connectivity index (χ4v) is 4.47. The Morgan fingerprint density at radius 2 is 2.00 bits per heavy atom. The summed E-state index contributed by atoms with van der Waals surface area (Å²) in [6.45, 7) is 0. The first kappa shape index (κ1) is 15.6. The van der Waals surface area contributed by atoms with Crippen molar-refractivity contribution in [3.05, 3.63) is 64.6 Å². The van der Waals surface area contributed by atoms with Gasteiger partial charge in [-0.15, -0.1) is 11.3 Å². The zero-order valence-electron chi connectivity index (χ0n) is 13.4. The molecule has 1 aliphatic rings. The molecule has 1 aromatic carbocycles. The van der Waals surface area contributed by atoms with Gasteiger partial charge in [-0.2, -0.15) is 0 Å². The molecule has 4 rings (SSSR count). The number of aryl methyl sites for hydroxylation is 1. The summed E-state index contributed by atoms with van der Waals surface area (Å²) in [5, 5.41) is 3.38. The number of benzene rings is 1. The van der Waals surface area contributed by atoms with Crippen LogP contribution in [0.5, 0.6) is 0 Å². The van der Waals surface area contributed by atoms with E-state index in [1.54, 1.807) is 10.9 Å². The Kier molecular flexibility index (Phi) is 3.85. The maximum absolute atomic E-state index is 12.8. The van der Waals surface area contributed by atoms with Crippen molar-refractivity contribution in [1.82, 2.24) is 9.55 Å². The second kappa shape index (κ2) is 6.18. The van der Waals surface area contributed by atoms with Crippen LogP contribution in [0.1, 0.15) is 37.7 Å². The molecule has 2 amide bonds. The number of anilines is 1. The summed E-state index contributed by atoms with van der Waals surface area (Å²) < 4.78 is 1.71. The minimum atomic E-state index is -0.494. The third-order valence-corrected chi connectivity index (χ3v) is 5.51. The number of para-hydroxylation sites is 1. The Morgan fingerprint density at radius 1 is 1.20 bits per heavy atom. The van der Waals surface area contributed by atoms with Crippen LogP contribution in [-0.4, -0.2) is 21.4 Å². The maximum Gasteiger partial charge on any atom is 0.274 e. The number of amides is 2. The minimum absolute atomic E-state index is 0.316. The average molecular weight is 352 g/mol. The smallest absolute Gasteiger partial charge is 0.274 e. The first-order valence-electron chi connectivity index (χ1n) is 7.98. The lowest BCUT2D eigenvalue weighted by atomic mass is 10.1. The molecule has 7 heteroatoms. The molecule has 0 unspecified atom stereocenters. The van der Waals surface area contributed by atoms with Crippen LogP contribution in [0.3, 0.4) is 0 Å². The monoisotopic (exact) mass is 352 g/mol. The van der Waals surface area contributed by atoms with Gasteiger partial charge in [0.25, 0.3) is 11.8 Å². The van der Waals surface area contributed by atoms with Gasteiger partial charge in [0.1, 0.15) is 10.7 Å². The van der Waals surface area contributed by atoms with E-state index in [0.29, 0.717) is 16.3 Å². The number of fused-ring (bicyclic) bond motifs is 1. The molecule has 3 N–H and O–H groups in total. The number of primary amides is 1. The van der Waals surface area contributed by atoms with E-state index in [2.05, 4.69) is 10.3 Å². The largest absolute Gasteiger partial charge is 0.365 e. The molecular weight excluding hydrogens is 336 g/mol. The van der Waals surface area contributed by atoms with Crippen LogP contribution >= 0.6 is 11.3 Å². The van der Waals surface area contributed by atoms with Crippen molar-refractivity contribution in [3.63, 3.8) is 0 Å². The van der Waals surface area contributed by atoms with E-state index in [9.17, 15) is 9.59 Å². The van der Waals surface area contributed by atoms with Crippen molar-refractivity contribution in [2.75, 3.05) is 5.32 Å². The van der Waals surface area contributed by atoms with Gasteiger partial charge in [-0.3, -0.25) is 14.2 Å². The number of aromatic nitrogens is 2. The SMILES string of the molecule is NC(=O)c1c(NC(=O)c2cncn2-c2ccccc2)sc2c1CCC2. The van der Waals surface area contributed by atoms with Crippen LogP contribution in [0, 0.1) is 0 Å². The topological polar surface area (TPSA) is 90.0 Å². The second-order valence-corrected chi connectivity index (χ2v) is 6.97. The highest BCUT2D eigenvalue weighted by Gasteiger charge is 2.27. The summed E-state index contributed by atoms with van der Waals surface area (Å²) >= 11 is 1.44. The number of nitrogens with one attached hydrogen (secondary N) is 1. The number of carbonyl (C=O) groups is 2. The summed E-state index contributed by atoms with van der Waals surface area (Å²) in [6, 6.07) is 9.49. The van der Waals surface area contributed by atoms with Crippen molar-refractivity contribution in [2.24, 2.45) is 5.73 Å². The first-order chi connectivity index (χ1) is 12.1. The van der Waals surface area contributed by atoms with Gasteiger partial charge in [0.15, 0.2) is 0 Å². The zero-order chi connectivity index (χ0) is 17.4. The molecule has 0 bridgehead atoms. The van der Waals surface area contributed by atoms with Crippen LogP contribution in [-0.2, 0) is 12.8 Å². The van der Waals surface area contributed by atoms with E-state index in [4.69, 9.17) is 5.73 Å². The van der Waals surface area contributed by atoms with Gasteiger partial charge in [0.2, 0.25) is 0 Å². The molecule has 0 radical (unpaired) electrons. The average Bonchev–Trinajstić information content (AvgIpc) is 3.30.